The Labute approximate surface area is 93.4 Å². The summed E-state index contributed by atoms with van der Waals surface area (Å²) in [5.74, 6) is -3.29. The van der Waals surface area contributed by atoms with E-state index < -0.39 is 28.7 Å². The average molecular weight is 240 g/mol. The molecular formula is C10H6F2N2O3. The van der Waals surface area contributed by atoms with Gasteiger partial charge in [0.05, 0.1) is 10.9 Å². The van der Waals surface area contributed by atoms with Gasteiger partial charge < -0.3 is 9.84 Å². The Morgan fingerprint density at radius 1 is 1.47 bits per heavy atom. The first kappa shape index (κ1) is 11.2. The van der Waals surface area contributed by atoms with Crippen LogP contribution >= 0.6 is 0 Å². The molecule has 0 saturated heterocycles. The summed E-state index contributed by atoms with van der Waals surface area (Å²) in [6.07, 6.45) is 0.151. The fourth-order valence-electron chi connectivity index (χ4n) is 1.40. The average Bonchev–Trinajstić information content (AvgIpc) is 2.76. The van der Waals surface area contributed by atoms with E-state index in [1.807, 2.05) is 0 Å². The molecule has 2 rings (SSSR count). The van der Waals surface area contributed by atoms with E-state index >= 15 is 0 Å². The van der Waals surface area contributed by atoms with Gasteiger partial charge in [-0.15, -0.1) is 0 Å². The Morgan fingerprint density at radius 3 is 2.76 bits per heavy atom. The van der Waals surface area contributed by atoms with Crippen molar-refractivity contribution in [1.82, 2.24) is 10.5 Å². The zero-order valence-corrected chi connectivity index (χ0v) is 8.58. The number of carbonyl (C=O) groups is 2. The van der Waals surface area contributed by atoms with Crippen molar-refractivity contribution < 1.29 is 22.9 Å². The first-order chi connectivity index (χ1) is 8.10. The summed E-state index contributed by atoms with van der Waals surface area (Å²) in [6.45, 7) is 0. The third-order valence-corrected chi connectivity index (χ3v) is 2.24. The molecule has 2 aromatic rings. The molecule has 0 unspecified atom stereocenters. The van der Waals surface area contributed by atoms with Crippen molar-refractivity contribution in [2.75, 3.05) is 7.05 Å². The van der Waals surface area contributed by atoms with E-state index in [9.17, 15) is 18.4 Å². The molecule has 0 saturated carbocycles. The number of nitrogens with one attached hydrogen (secondary N) is 1. The molecule has 0 aliphatic carbocycles. The molecular weight excluding hydrogens is 234 g/mol. The number of carbonyl (C=O) groups excluding carboxylic acids is 2. The summed E-state index contributed by atoms with van der Waals surface area (Å²) in [5, 5.41) is 5.55. The van der Waals surface area contributed by atoms with Gasteiger partial charge in [0, 0.05) is 7.05 Å². The molecule has 88 valence electrons. The van der Waals surface area contributed by atoms with E-state index in [-0.39, 0.29) is 17.4 Å². The lowest BCUT2D eigenvalue weighted by Gasteiger charge is -1.98. The maximum Gasteiger partial charge on any atom is 0.273 e. The minimum Gasteiger partial charge on any atom is -0.354 e. The Morgan fingerprint density at radius 2 is 2.18 bits per heavy atom. The molecule has 1 amide bonds. The minimum absolute atomic E-state index is 0.0506. The number of amides is 1. The summed E-state index contributed by atoms with van der Waals surface area (Å²) >= 11 is 0. The number of aromatic nitrogens is 1. The van der Waals surface area contributed by atoms with E-state index in [4.69, 9.17) is 0 Å². The van der Waals surface area contributed by atoms with Crippen molar-refractivity contribution in [3.63, 3.8) is 0 Å². The topological polar surface area (TPSA) is 72.2 Å². The molecule has 0 bridgehead atoms. The number of aldehydes is 1. The second kappa shape index (κ2) is 3.93. The van der Waals surface area contributed by atoms with Gasteiger partial charge in [0.15, 0.2) is 17.8 Å². The largest absolute Gasteiger partial charge is 0.354 e. The molecule has 0 aliphatic heterocycles. The fraction of sp³-hybridized carbons (Fsp3) is 0.100. The van der Waals surface area contributed by atoms with Crippen molar-refractivity contribution in [3.8, 4) is 0 Å². The van der Waals surface area contributed by atoms with Gasteiger partial charge in [0.1, 0.15) is 0 Å². The third kappa shape index (κ3) is 1.55. The molecule has 0 spiro atoms. The van der Waals surface area contributed by atoms with Crippen LogP contribution in [-0.2, 0) is 0 Å². The van der Waals surface area contributed by atoms with E-state index in [1.54, 1.807) is 0 Å². The van der Waals surface area contributed by atoms with Gasteiger partial charge in [0.2, 0.25) is 11.4 Å². The molecule has 0 fully saturated rings. The Hall–Kier alpha value is -2.31. The van der Waals surface area contributed by atoms with Crippen molar-refractivity contribution in [2.24, 2.45) is 0 Å². The molecule has 7 heteroatoms. The fourth-order valence-corrected chi connectivity index (χ4v) is 1.40. The van der Waals surface area contributed by atoms with Crippen LogP contribution in [0.4, 0.5) is 8.78 Å². The first-order valence-electron chi connectivity index (χ1n) is 4.54. The molecule has 1 N–H and O–H groups in total. The number of fused-ring (bicyclic) bond motifs is 1. The van der Waals surface area contributed by atoms with Gasteiger partial charge in [-0.25, -0.2) is 4.39 Å². The smallest absolute Gasteiger partial charge is 0.273 e. The second-order valence-electron chi connectivity index (χ2n) is 3.20. The SMILES string of the molecule is CNC(=O)c1noc2c(F)c(F)c(C=O)cc12. The lowest BCUT2D eigenvalue weighted by molar-refractivity contribution is 0.0955. The van der Waals surface area contributed by atoms with Crippen molar-refractivity contribution in [3.05, 3.63) is 29.0 Å². The van der Waals surface area contributed by atoms with Crippen LogP contribution < -0.4 is 5.32 Å². The second-order valence-corrected chi connectivity index (χ2v) is 3.20. The molecule has 0 aliphatic rings. The van der Waals surface area contributed by atoms with Gasteiger partial charge in [-0.05, 0) is 6.07 Å². The standard InChI is InChI=1S/C10H6F2N2O3/c1-13-10(16)8-5-2-4(3-15)6(11)7(12)9(5)17-14-8/h2-3H,1H3,(H,13,16). The molecule has 5 nitrogen and oxygen atoms in total. The molecule has 1 heterocycles. The maximum absolute atomic E-state index is 13.4. The van der Waals surface area contributed by atoms with Crippen LogP contribution in [-0.4, -0.2) is 24.4 Å². The Bertz CT molecular complexity index is 622. The van der Waals surface area contributed by atoms with E-state index in [2.05, 4.69) is 15.0 Å². The lowest BCUT2D eigenvalue weighted by Crippen LogP contribution is -2.18. The summed E-state index contributed by atoms with van der Waals surface area (Å²) in [6, 6.07) is 1.02. The van der Waals surface area contributed by atoms with Crippen molar-refractivity contribution >= 4 is 23.2 Å². The van der Waals surface area contributed by atoms with Crippen LogP contribution in [0.25, 0.3) is 11.0 Å². The van der Waals surface area contributed by atoms with E-state index in [0.717, 1.165) is 6.07 Å². The highest BCUT2D eigenvalue weighted by Crippen LogP contribution is 2.25. The number of nitrogens with zero attached hydrogens (tertiary/aromatic N) is 1. The summed E-state index contributed by atoms with van der Waals surface area (Å²) in [7, 11) is 1.35. The number of halogens is 2. The molecule has 1 aromatic heterocycles. The number of rotatable bonds is 2. The quantitative estimate of drug-likeness (QED) is 0.802. The predicted octanol–water partition coefficient (Wildman–Crippen LogP) is 1.28. The van der Waals surface area contributed by atoms with Crippen molar-refractivity contribution in [1.29, 1.82) is 0 Å². The van der Waals surface area contributed by atoms with Gasteiger partial charge in [-0.1, -0.05) is 5.16 Å². The summed E-state index contributed by atoms with van der Waals surface area (Å²) < 4.78 is 31.2. The molecule has 17 heavy (non-hydrogen) atoms. The first-order valence-corrected chi connectivity index (χ1v) is 4.54. The van der Waals surface area contributed by atoms with Gasteiger partial charge in [-0.3, -0.25) is 9.59 Å². The zero-order valence-electron chi connectivity index (χ0n) is 8.58. The number of hydrogen-bond donors (Lipinski definition) is 1. The summed E-state index contributed by atoms with van der Waals surface area (Å²) in [5.41, 5.74) is -1.19. The number of hydrogen-bond acceptors (Lipinski definition) is 4. The van der Waals surface area contributed by atoms with Crippen molar-refractivity contribution in [2.45, 2.75) is 0 Å². The van der Waals surface area contributed by atoms with Gasteiger partial charge in [0.25, 0.3) is 5.91 Å². The van der Waals surface area contributed by atoms with E-state index in [0.29, 0.717) is 0 Å². The van der Waals surface area contributed by atoms with Crippen LogP contribution in [0.5, 0.6) is 0 Å². The Kier molecular flexibility index (Phi) is 2.58. The third-order valence-electron chi connectivity index (χ3n) is 2.24. The summed E-state index contributed by atoms with van der Waals surface area (Å²) in [4.78, 5) is 21.9. The Balaban J connectivity index is 2.81. The van der Waals surface area contributed by atoms with Crippen LogP contribution in [0.1, 0.15) is 20.8 Å². The number of benzene rings is 1. The molecule has 1 aromatic carbocycles. The maximum atomic E-state index is 13.4. The van der Waals surface area contributed by atoms with Gasteiger partial charge in [-0.2, -0.15) is 4.39 Å². The lowest BCUT2D eigenvalue weighted by atomic mass is 10.1. The van der Waals surface area contributed by atoms with Crippen LogP contribution in [0, 0.1) is 11.6 Å². The highest BCUT2D eigenvalue weighted by molar-refractivity contribution is 6.05. The highest BCUT2D eigenvalue weighted by atomic mass is 19.2. The highest BCUT2D eigenvalue weighted by Gasteiger charge is 2.22. The normalized spacial score (nSPS) is 10.5. The van der Waals surface area contributed by atoms with Crippen LogP contribution in [0.15, 0.2) is 10.6 Å². The van der Waals surface area contributed by atoms with Gasteiger partial charge >= 0.3 is 0 Å². The molecule has 0 atom stereocenters. The van der Waals surface area contributed by atoms with E-state index in [1.165, 1.54) is 7.05 Å². The monoisotopic (exact) mass is 240 g/mol. The molecule has 0 radical (unpaired) electrons. The zero-order chi connectivity index (χ0) is 12.6. The predicted molar refractivity (Wildman–Crippen MR) is 52.7 cm³/mol. The van der Waals surface area contributed by atoms with Crippen LogP contribution in [0.3, 0.4) is 0 Å². The van der Waals surface area contributed by atoms with Crippen LogP contribution in [0.2, 0.25) is 0 Å². The minimum atomic E-state index is -1.34.